The topological polar surface area (TPSA) is 120 Å². The number of amides is 1. The van der Waals surface area contributed by atoms with Gasteiger partial charge in [-0.15, -0.1) is 24.0 Å². The van der Waals surface area contributed by atoms with Gasteiger partial charge in [-0.2, -0.15) is 4.31 Å². The second-order valence-corrected chi connectivity index (χ2v) is 9.11. The van der Waals surface area contributed by atoms with Crippen molar-refractivity contribution < 1.29 is 17.7 Å². The standard InChI is InChI=1S/C20H28N6O4S.HI/c1-21-19(27)17-5-3-4-16(14-17)6-8-23-20(22-2)25-9-11-26(12-10-25)31(28,29)15-18-7-13-30-24-18;/h3-5,7,13-14H,6,8-12,15H2,1-2H3,(H,21,27)(H,22,23);1H. The molecule has 12 heteroatoms. The molecule has 1 aliphatic rings. The summed E-state index contributed by atoms with van der Waals surface area (Å²) in [4.78, 5) is 18.2. The van der Waals surface area contributed by atoms with Gasteiger partial charge in [0.2, 0.25) is 10.0 Å². The first-order valence-electron chi connectivity index (χ1n) is 10.1. The Bertz CT molecular complexity index is 1000. The van der Waals surface area contributed by atoms with Crippen LogP contribution in [-0.4, -0.2) is 81.5 Å². The molecule has 2 N–H and O–H groups in total. The maximum Gasteiger partial charge on any atom is 0.251 e. The average molecular weight is 576 g/mol. The molecule has 1 amide bonds. The highest BCUT2D eigenvalue weighted by molar-refractivity contribution is 14.0. The van der Waals surface area contributed by atoms with Gasteiger partial charge in [0.05, 0.1) is 5.69 Å². The molecule has 0 radical (unpaired) electrons. The molecule has 2 heterocycles. The van der Waals surface area contributed by atoms with E-state index in [0.717, 1.165) is 17.9 Å². The van der Waals surface area contributed by atoms with Gasteiger partial charge in [-0.25, -0.2) is 8.42 Å². The van der Waals surface area contributed by atoms with E-state index < -0.39 is 10.0 Å². The molecule has 0 atom stereocenters. The summed E-state index contributed by atoms with van der Waals surface area (Å²) in [5.41, 5.74) is 2.08. The third-order valence-corrected chi connectivity index (χ3v) is 6.89. The molecule has 1 aliphatic heterocycles. The molecule has 0 saturated carbocycles. The molecule has 1 saturated heterocycles. The van der Waals surface area contributed by atoms with Crippen molar-refractivity contribution in [2.24, 2.45) is 4.99 Å². The van der Waals surface area contributed by atoms with Gasteiger partial charge < -0.3 is 20.1 Å². The van der Waals surface area contributed by atoms with E-state index in [1.54, 1.807) is 26.2 Å². The van der Waals surface area contributed by atoms with Crippen molar-refractivity contribution in [2.45, 2.75) is 12.2 Å². The summed E-state index contributed by atoms with van der Waals surface area (Å²) in [6.07, 6.45) is 2.10. The van der Waals surface area contributed by atoms with Gasteiger partial charge in [0.25, 0.3) is 5.91 Å². The molecule has 1 fully saturated rings. The SMILES string of the molecule is CN=C(NCCc1cccc(C(=O)NC)c1)N1CCN(S(=O)(=O)Cc2ccon2)CC1.I. The number of carbonyl (C=O) groups excluding carboxylic acids is 1. The van der Waals surface area contributed by atoms with Crippen LogP contribution in [0.3, 0.4) is 0 Å². The number of nitrogens with one attached hydrogen (secondary N) is 2. The monoisotopic (exact) mass is 576 g/mol. The van der Waals surface area contributed by atoms with Gasteiger partial charge in [-0.1, -0.05) is 17.3 Å². The van der Waals surface area contributed by atoms with Crippen molar-refractivity contribution in [3.63, 3.8) is 0 Å². The van der Waals surface area contributed by atoms with Crippen LogP contribution in [0, 0.1) is 0 Å². The predicted octanol–water partition coefficient (Wildman–Crippen LogP) is 0.918. The number of benzene rings is 1. The number of carbonyl (C=O) groups is 1. The fraction of sp³-hybridized carbons (Fsp3) is 0.450. The summed E-state index contributed by atoms with van der Waals surface area (Å²) < 4.78 is 31.4. The summed E-state index contributed by atoms with van der Waals surface area (Å²) in [6, 6.07) is 9.07. The van der Waals surface area contributed by atoms with Crippen LogP contribution in [0.25, 0.3) is 0 Å². The Morgan fingerprint density at radius 1 is 1.22 bits per heavy atom. The molecule has 32 heavy (non-hydrogen) atoms. The Balaban J connectivity index is 0.00000363. The van der Waals surface area contributed by atoms with Gasteiger partial charge in [0.15, 0.2) is 5.96 Å². The fourth-order valence-corrected chi connectivity index (χ4v) is 4.86. The molecule has 1 aromatic heterocycles. The average Bonchev–Trinajstić information content (AvgIpc) is 3.29. The van der Waals surface area contributed by atoms with E-state index in [9.17, 15) is 13.2 Å². The molecule has 2 aromatic rings. The number of aromatic nitrogens is 1. The van der Waals surface area contributed by atoms with Crippen molar-refractivity contribution in [3.05, 3.63) is 53.4 Å². The van der Waals surface area contributed by atoms with E-state index in [-0.39, 0.29) is 35.6 Å². The third-order valence-electron chi connectivity index (χ3n) is 5.08. The molecule has 0 spiro atoms. The molecule has 176 valence electrons. The Morgan fingerprint density at radius 3 is 2.59 bits per heavy atom. The fourth-order valence-electron chi connectivity index (χ4n) is 3.43. The van der Waals surface area contributed by atoms with Gasteiger partial charge in [-0.3, -0.25) is 9.79 Å². The summed E-state index contributed by atoms with van der Waals surface area (Å²) in [5, 5.41) is 9.64. The van der Waals surface area contributed by atoms with Crippen molar-refractivity contribution in [1.29, 1.82) is 0 Å². The minimum absolute atomic E-state index is 0. The summed E-state index contributed by atoms with van der Waals surface area (Å²) in [5.74, 6) is 0.462. The quantitative estimate of drug-likeness (QED) is 0.286. The number of aliphatic imine (C=N–C) groups is 1. The summed E-state index contributed by atoms with van der Waals surface area (Å²) in [6.45, 7) is 2.51. The smallest absolute Gasteiger partial charge is 0.251 e. The zero-order chi connectivity index (χ0) is 22.3. The maximum atomic E-state index is 12.6. The number of nitrogens with zero attached hydrogens (tertiary/aromatic N) is 4. The largest absolute Gasteiger partial charge is 0.364 e. The predicted molar refractivity (Wildman–Crippen MR) is 133 cm³/mol. The molecule has 0 aliphatic carbocycles. The number of piperazine rings is 1. The first-order chi connectivity index (χ1) is 14.9. The summed E-state index contributed by atoms with van der Waals surface area (Å²) in [7, 11) is -0.116. The van der Waals surface area contributed by atoms with E-state index in [4.69, 9.17) is 4.52 Å². The van der Waals surface area contributed by atoms with Crippen LogP contribution < -0.4 is 10.6 Å². The lowest BCUT2D eigenvalue weighted by atomic mass is 10.1. The van der Waals surface area contributed by atoms with Crippen molar-refractivity contribution in [1.82, 2.24) is 25.0 Å². The molecule has 0 bridgehead atoms. The van der Waals surface area contributed by atoms with Crippen LogP contribution in [0.2, 0.25) is 0 Å². The Morgan fingerprint density at radius 2 is 1.97 bits per heavy atom. The minimum atomic E-state index is -3.44. The number of sulfonamides is 1. The maximum absolute atomic E-state index is 12.6. The van der Waals surface area contributed by atoms with E-state index in [1.165, 1.54) is 10.6 Å². The Labute approximate surface area is 205 Å². The number of halogens is 1. The summed E-state index contributed by atoms with van der Waals surface area (Å²) >= 11 is 0. The number of rotatable bonds is 7. The zero-order valence-corrected chi connectivity index (χ0v) is 21.3. The van der Waals surface area contributed by atoms with E-state index in [0.29, 0.717) is 44.0 Å². The first-order valence-corrected chi connectivity index (χ1v) is 11.7. The van der Waals surface area contributed by atoms with Crippen LogP contribution in [-0.2, 0) is 22.2 Å². The van der Waals surface area contributed by atoms with Gasteiger partial charge >= 0.3 is 0 Å². The zero-order valence-electron chi connectivity index (χ0n) is 18.2. The third kappa shape index (κ3) is 6.90. The first kappa shape index (κ1) is 26.1. The lowest BCUT2D eigenvalue weighted by molar-refractivity contribution is 0.0963. The number of hydrogen-bond donors (Lipinski definition) is 2. The Hall–Kier alpha value is -2.19. The van der Waals surface area contributed by atoms with Gasteiger partial charge in [0, 0.05) is 58.4 Å². The van der Waals surface area contributed by atoms with Crippen LogP contribution in [0.4, 0.5) is 0 Å². The van der Waals surface area contributed by atoms with Crippen LogP contribution >= 0.6 is 24.0 Å². The van der Waals surface area contributed by atoms with Gasteiger partial charge in [0.1, 0.15) is 12.0 Å². The highest BCUT2D eigenvalue weighted by atomic mass is 127. The normalized spacial score (nSPS) is 15.2. The minimum Gasteiger partial charge on any atom is -0.364 e. The molecule has 10 nitrogen and oxygen atoms in total. The van der Waals surface area contributed by atoms with E-state index >= 15 is 0 Å². The van der Waals surface area contributed by atoms with Crippen molar-refractivity contribution in [3.8, 4) is 0 Å². The van der Waals surface area contributed by atoms with Crippen LogP contribution in [0.1, 0.15) is 21.6 Å². The van der Waals surface area contributed by atoms with E-state index in [2.05, 4.69) is 20.8 Å². The molecule has 0 unspecified atom stereocenters. The van der Waals surface area contributed by atoms with E-state index in [1.807, 2.05) is 23.1 Å². The van der Waals surface area contributed by atoms with Gasteiger partial charge in [-0.05, 0) is 24.1 Å². The molecule has 3 rings (SSSR count). The second-order valence-electron chi connectivity index (χ2n) is 7.14. The molecule has 1 aromatic carbocycles. The lowest BCUT2D eigenvalue weighted by Crippen LogP contribution is -2.54. The second kappa shape index (κ2) is 12.2. The van der Waals surface area contributed by atoms with Crippen LogP contribution in [0.5, 0.6) is 0 Å². The van der Waals surface area contributed by atoms with Crippen LogP contribution in [0.15, 0.2) is 46.1 Å². The van der Waals surface area contributed by atoms with Crippen molar-refractivity contribution in [2.75, 3.05) is 46.8 Å². The Kier molecular flexibility index (Phi) is 9.90. The lowest BCUT2D eigenvalue weighted by Gasteiger charge is -2.35. The number of guanidine groups is 1. The highest BCUT2D eigenvalue weighted by Crippen LogP contribution is 2.13. The van der Waals surface area contributed by atoms with Crippen molar-refractivity contribution >= 4 is 45.9 Å². The molecular weight excluding hydrogens is 547 g/mol. The number of hydrogen-bond acceptors (Lipinski definition) is 6. The molecular formula is C20H29IN6O4S. The highest BCUT2D eigenvalue weighted by Gasteiger charge is 2.28.